The average molecular weight is 192 g/mol. The van der Waals surface area contributed by atoms with Gasteiger partial charge in [-0.3, -0.25) is 4.79 Å². The summed E-state index contributed by atoms with van der Waals surface area (Å²) in [6, 6.07) is 7.15. The van der Waals surface area contributed by atoms with Gasteiger partial charge in [0.15, 0.2) is 0 Å². The lowest BCUT2D eigenvalue weighted by molar-refractivity contribution is -0.135. The van der Waals surface area contributed by atoms with Gasteiger partial charge in [-0.25, -0.2) is 0 Å². The lowest BCUT2D eigenvalue weighted by Crippen LogP contribution is -1.95. The number of carboxylic acid groups (broad SMARTS) is 1. The summed E-state index contributed by atoms with van der Waals surface area (Å²) in [5.41, 5.74) is 1.42. The molecule has 3 heteroatoms. The molecule has 1 aromatic rings. The molecular weight excluding hydrogens is 180 g/mol. The summed E-state index contributed by atoms with van der Waals surface area (Å²) in [6.07, 6.45) is -0.0354. The van der Waals surface area contributed by atoms with Crippen molar-refractivity contribution in [2.24, 2.45) is 0 Å². The lowest BCUT2D eigenvalue weighted by Gasteiger charge is -2.04. The summed E-state index contributed by atoms with van der Waals surface area (Å²) in [6.45, 7) is 3.70. The maximum Gasteiger partial charge on any atom is 0.307 e. The molecule has 74 valence electrons. The van der Waals surface area contributed by atoms with E-state index in [9.17, 15) is 4.79 Å². The molecule has 1 N–H and O–H groups in total. The highest BCUT2D eigenvalue weighted by Gasteiger charge is 2.03. The van der Waals surface area contributed by atoms with E-state index in [2.05, 4.69) is 6.58 Å². The van der Waals surface area contributed by atoms with Crippen LogP contribution in [0.25, 0.3) is 5.57 Å². The zero-order valence-electron chi connectivity index (χ0n) is 7.99. The molecular formula is C11H12O3. The maximum absolute atomic E-state index is 10.4. The second-order valence-corrected chi connectivity index (χ2v) is 2.90. The molecule has 0 aromatic heterocycles. The normalized spacial score (nSPS) is 9.50. The molecule has 0 heterocycles. The second kappa shape index (κ2) is 4.46. The van der Waals surface area contributed by atoms with Gasteiger partial charge in [0.25, 0.3) is 0 Å². The zero-order valence-corrected chi connectivity index (χ0v) is 7.99. The van der Waals surface area contributed by atoms with Crippen LogP contribution in [-0.4, -0.2) is 18.2 Å². The standard InChI is InChI=1S/C11H12O3/c1-8(7-11(12)13)9-3-5-10(14-2)6-4-9/h3-6H,1,7H2,2H3,(H,12,13). The maximum atomic E-state index is 10.4. The van der Waals surface area contributed by atoms with Crippen molar-refractivity contribution in [3.63, 3.8) is 0 Å². The second-order valence-electron chi connectivity index (χ2n) is 2.90. The smallest absolute Gasteiger partial charge is 0.307 e. The number of hydrogen-bond donors (Lipinski definition) is 1. The van der Waals surface area contributed by atoms with Gasteiger partial charge in [0.2, 0.25) is 0 Å². The van der Waals surface area contributed by atoms with Crippen LogP contribution in [0.4, 0.5) is 0 Å². The van der Waals surface area contributed by atoms with E-state index >= 15 is 0 Å². The molecule has 0 saturated carbocycles. The van der Waals surface area contributed by atoms with E-state index < -0.39 is 5.97 Å². The zero-order chi connectivity index (χ0) is 10.6. The van der Waals surface area contributed by atoms with Crippen LogP contribution in [0.2, 0.25) is 0 Å². The number of carboxylic acids is 1. The number of rotatable bonds is 4. The molecule has 0 unspecified atom stereocenters. The van der Waals surface area contributed by atoms with Crippen molar-refractivity contribution in [2.45, 2.75) is 6.42 Å². The van der Waals surface area contributed by atoms with E-state index in [1.54, 1.807) is 31.4 Å². The Hall–Kier alpha value is -1.77. The molecule has 0 aliphatic heterocycles. The molecule has 0 saturated heterocycles. The Balaban J connectivity index is 2.76. The lowest BCUT2D eigenvalue weighted by atomic mass is 10.0. The molecule has 3 nitrogen and oxygen atoms in total. The van der Waals surface area contributed by atoms with Gasteiger partial charge in [-0.15, -0.1) is 0 Å². The Morgan fingerprint density at radius 2 is 2.00 bits per heavy atom. The Kier molecular flexibility index (Phi) is 3.29. The minimum Gasteiger partial charge on any atom is -0.497 e. The van der Waals surface area contributed by atoms with Crippen LogP contribution in [-0.2, 0) is 4.79 Å². The fourth-order valence-electron chi connectivity index (χ4n) is 1.11. The van der Waals surface area contributed by atoms with Gasteiger partial charge < -0.3 is 9.84 Å². The molecule has 0 radical (unpaired) electrons. The molecule has 14 heavy (non-hydrogen) atoms. The highest BCUT2D eigenvalue weighted by atomic mass is 16.5. The van der Waals surface area contributed by atoms with Gasteiger partial charge in [0.05, 0.1) is 13.5 Å². The Morgan fingerprint density at radius 3 is 2.43 bits per heavy atom. The quantitative estimate of drug-likeness (QED) is 0.795. The Bertz CT molecular complexity index is 338. The fourth-order valence-corrected chi connectivity index (χ4v) is 1.11. The highest BCUT2D eigenvalue weighted by Crippen LogP contribution is 2.19. The van der Waals surface area contributed by atoms with Gasteiger partial charge >= 0.3 is 5.97 Å². The SMILES string of the molecule is C=C(CC(=O)O)c1ccc(OC)cc1. The Morgan fingerprint density at radius 1 is 1.43 bits per heavy atom. The predicted octanol–water partition coefficient (Wildman–Crippen LogP) is 2.18. The van der Waals surface area contributed by atoms with E-state index in [4.69, 9.17) is 9.84 Å². The van der Waals surface area contributed by atoms with Gasteiger partial charge in [0, 0.05) is 0 Å². The van der Waals surface area contributed by atoms with Crippen LogP contribution in [0, 0.1) is 0 Å². The van der Waals surface area contributed by atoms with Crippen LogP contribution >= 0.6 is 0 Å². The van der Waals surface area contributed by atoms with Crippen molar-refractivity contribution in [2.75, 3.05) is 7.11 Å². The van der Waals surface area contributed by atoms with Crippen LogP contribution in [0.5, 0.6) is 5.75 Å². The first-order valence-corrected chi connectivity index (χ1v) is 4.17. The third kappa shape index (κ3) is 2.62. The molecule has 0 aliphatic carbocycles. The molecule has 1 aromatic carbocycles. The number of aliphatic carboxylic acids is 1. The fraction of sp³-hybridized carbons (Fsp3) is 0.182. The van der Waals surface area contributed by atoms with Crippen molar-refractivity contribution in [3.05, 3.63) is 36.4 Å². The van der Waals surface area contributed by atoms with Crippen LogP contribution in [0.3, 0.4) is 0 Å². The molecule has 0 fully saturated rings. The van der Waals surface area contributed by atoms with E-state index in [1.165, 1.54) is 0 Å². The minimum atomic E-state index is -0.870. The van der Waals surface area contributed by atoms with Crippen molar-refractivity contribution in [1.82, 2.24) is 0 Å². The number of benzene rings is 1. The molecule has 0 spiro atoms. The predicted molar refractivity (Wildman–Crippen MR) is 54.3 cm³/mol. The number of hydrogen-bond acceptors (Lipinski definition) is 2. The summed E-state index contributed by atoms with van der Waals surface area (Å²) in [7, 11) is 1.58. The summed E-state index contributed by atoms with van der Waals surface area (Å²) < 4.78 is 4.98. The van der Waals surface area contributed by atoms with Crippen LogP contribution < -0.4 is 4.74 Å². The number of methoxy groups -OCH3 is 1. The van der Waals surface area contributed by atoms with Gasteiger partial charge in [-0.1, -0.05) is 18.7 Å². The van der Waals surface area contributed by atoms with E-state index in [-0.39, 0.29) is 6.42 Å². The van der Waals surface area contributed by atoms with Crippen molar-refractivity contribution in [1.29, 1.82) is 0 Å². The first kappa shape index (κ1) is 10.3. The number of carbonyl (C=O) groups is 1. The topological polar surface area (TPSA) is 46.5 Å². The monoisotopic (exact) mass is 192 g/mol. The summed E-state index contributed by atoms with van der Waals surface area (Å²) in [5.74, 6) is -0.123. The van der Waals surface area contributed by atoms with Gasteiger partial charge in [-0.2, -0.15) is 0 Å². The van der Waals surface area contributed by atoms with Crippen molar-refractivity contribution >= 4 is 11.5 Å². The summed E-state index contributed by atoms with van der Waals surface area (Å²) >= 11 is 0. The van der Waals surface area contributed by atoms with E-state index in [0.717, 1.165) is 11.3 Å². The molecule has 1 rings (SSSR count). The van der Waals surface area contributed by atoms with Crippen molar-refractivity contribution < 1.29 is 14.6 Å². The van der Waals surface area contributed by atoms with Crippen LogP contribution in [0.15, 0.2) is 30.8 Å². The first-order chi connectivity index (χ1) is 6.63. The van der Waals surface area contributed by atoms with Crippen LogP contribution in [0.1, 0.15) is 12.0 Å². The molecule has 0 amide bonds. The summed E-state index contributed by atoms with van der Waals surface area (Å²) in [4.78, 5) is 10.4. The van der Waals surface area contributed by atoms with Crippen molar-refractivity contribution in [3.8, 4) is 5.75 Å². The molecule has 0 bridgehead atoms. The van der Waals surface area contributed by atoms with E-state index in [0.29, 0.717) is 5.57 Å². The van der Waals surface area contributed by atoms with Gasteiger partial charge in [-0.05, 0) is 23.3 Å². The van der Waals surface area contributed by atoms with Gasteiger partial charge in [0.1, 0.15) is 5.75 Å². The molecule has 0 aliphatic rings. The minimum absolute atomic E-state index is 0.0354. The molecule has 0 atom stereocenters. The highest BCUT2D eigenvalue weighted by molar-refractivity contribution is 5.83. The Labute approximate surface area is 82.6 Å². The third-order valence-corrected chi connectivity index (χ3v) is 1.86. The summed E-state index contributed by atoms with van der Waals surface area (Å²) in [5, 5.41) is 8.56. The largest absolute Gasteiger partial charge is 0.497 e. The number of ether oxygens (including phenoxy) is 1. The first-order valence-electron chi connectivity index (χ1n) is 4.17. The third-order valence-electron chi connectivity index (χ3n) is 1.86. The average Bonchev–Trinajstić information content (AvgIpc) is 2.17. The van der Waals surface area contributed by atoms with E-state index in [1.807, 2.05) is 0 Å².